The summed E-state index contributed by atoms with van der Waals surface area (Å²) in [6, 6.07) is -0.937. The summed E-state index contributed by atoms with van der Waals surface area (Å²) in [6.45, 7) is 3.38. The third kappa shape index (κ3) is 28.9. The molecule has 1 aliphatic rings. The highest BCUT2D eigenvalue weighted by atomic mass is 32.3. The van der Waals surface area contributed by atoms with Crippen molar-refractivity contribution in [1.29, 1.82) is 0 Å². The molecule has 1 fully saturated rings. The number of carbonyl (C=O) groups is 1. The lowest BCUT2D eigenvalue weighted by Gasteiger charge is -2.41. The number of nitrogens with one attached hydrogen (secondary N) is 1. The fourth-order valence-electron chi connectivity index (χ4n) is 7.45. The average molecular weight is 836 g/mol. The molecular weight excluding hydrogens is 751 g/mol. The van der Waals surface area contributed by atoms with Gasteiger partial charge in [0.05, 0.1) is 25.4 Å². The van der Waals surface area contributed by atoms with Crippen molar-refractivity contribution in [3.63, 3.8) is 0 Å². The van der Waals surface area contributed by atoms with Gasteiger partial charge in [-0.15, -0.1) is 0 Å². The van der Waals surface area contributed by atoms with Crippen molar-refractivity contribution < 1.29 is 51.8 Å². The van der Waals surface area contributed by atoms with Crippen LogP contribution in [0, 0.1) is 0 Å². The van der Waals surface area contributed by atoms with Gasteiger partial charge in [0.25, 0.3) is 0 Å². The Morgan fingerprint density at radius 1 is 0.684 bits per heavy atom. The Balaban J connectivity index is 2.49. The van der Waals surface area contributed by atoms with Crippen molar-refractivity contribution in [1.82, 2.24) is 5.32 Å². The third-order valence-electron chi connectivity index (χ3n) is 11.1. The normalized spacial score (nSPS) is 21.3. The molecule has 1 amide bonds. The lowest BCUT2D eigenvalue weighted by Crippen LogP contribution is -2.61. The molecule has 57 heavy (non-hydrogen) atoms. The van der Waals surface area contributed by atoms with Crippen LogP contribution in [0.4, 0.5) is 0 Å². The molecule has 0 aliphatic carbocycles. The minimum Gasteiger partial charge on any atom is -0.394 e. The topological polar surface area (TPSA) is 192 Å². The average Bonchev–Trinajstić information content (AvgIpc) is 3.18. The van der Waals surface area contributed by atoms with Crippen LogP contribution in [0.2, 0.25) is 0 Å². The van der Waals surface area contributed by atoms with Crippen LogP contribution in [-0.4, -0.2) is 95.4 Å². The first-order valence-electron chi connectivity index (χ1n) is 23.1. The Hall–Kier alpha value is -1.16. The third-order valence-corrected chi connectivity index (χ3v) is 11.5. The minimum absolute atomic E-state index is 0.261. The van der Waals surface area contributed by atoms with Gasteiger partial charge in [0.2, 0.25) is 5.91 Å². The molecule has 6 N–H and O–H groups in total. The van der Waals surface area contributed by atoms with Gasteiger partial charge >= 0.3 is 10.4 Å². The quantitative estimate of drug-likeness (QED) is 0.0197. The van der Waals surface area contributed by atoms with E-state index in [1.165, 1.54) is 141 Å². The van der Waals surface area contributed by atoms with E-state index in [2.05, 4.69) is 23.3 Å². The maximum atomic E-state index is 13.0. The molecule has 7 atom stereocenters. The summed E-state index contributed by atoms with van der Waals surface area (Å²) >= 11 is 0. The number of allylic oxidation sites excluding steroid dienone is 1. The molecule has 7 unspecified atom stereocenters. The first-order valence-corrected chi connectivity index (χ1v) is 24.4. The number of amides is 1. The molecule has 0 radical (unpaired) electrons. The van der Waals surface area contributed by atoms with E-state index in [0.717, 1.165) is 38.5 Å². The molecule has 1 rings (SSSR count). The summed E-state index contributed by atoms with van der Waals surface area (Å²) in [6.07, 6.45) is 29.7. The Morgan fingerprint density at radius 3 is 1.53 bits per heavy atom. The number of aliphatic hydroxyl groups is 4. The van der Waals surface area contributed by atoms with Crippen molar-refractivity contribution in [3.8, 4) is 0 Å². The summed E-state index contributed by atoms with van der Waals surface area (Å²) in [5.41, 5.74) is 0. The first-order chi connectivity index (χ1) is 27.5. The number of hydrogen-bond acceptors (Lipinski definition) is 10. The number of carbonyl (C=O) groups excluding carboxylic acids is 1. The maximum Gasteiger partial charge on any atom is 0.397 e. The van der Waals surface area contributed by atoms with Crippen molar-refractivity contribution in [2.24, 2.45) is 0 Å². The fraction of sp³-hybridized carbons (Fsp3) is 0.932. The summed E-state index contributed by atoms with van der Waals surface area (Å²) < 4.78 is 47.5. The van der Waals surface area contributed by atoms with Gasteiger partial charge in [-0.2, -0.15) is 8.42 Å². The second-order valence-corrected chi connectivity index (χ2v) is 17.4. The van der Waals surface area contributed by atoms with Crippen LogP contribution in [0.3, 0.4) is 0 Å². The summed E-state index contributed by atoms with van der Waals surface area (Å²) in [5, 5.41) is 44.6. The van der Waals surface area contributed by atoms with Gasteiger partial charge in [0.1, 0.15) is 24.4 Å². The highest BCUT2D eigenvalue weighted by Crippen LogP contribution is 2.26. The number of rotatable bonds is 39. The molecule has 338 valence electrons. The zero-order chi connectivity index (χ0) is 42.0. The lowest BCUT2D eigenvalue weighted by atomic mass is 9.99. The summed E-state index contributed by atoms with van der Waals surface area (Å²) in [5.74, 6) is -0.261. The van der Waals surface area contributed by atoms with E-state index in [9.17, 15) is 33.6 Å². The Morgan fingerprint density at radius 2 is 1.11 bits per heavy atom. The van der Waals surface area contributed by atoms with Gasteiger partial charge in [-0.25, -0.2) is 4.18 Å². The van der Waals surface area contributed by atoms with Crippen LogP contribution in [0.1, 0.15) is 206 Å². The van der Waals surface area contributed by atoms with Gasteiger partial charge < -0.3 is 35.2 Å². The fourth-order valence-corrected chi connectivity index (χ4v) is 7.96. The molecule has 0 aromatic rings. The standard InChI is InChI=1S/C44H85NO11S/c1-3-5-7-9-11-13-15-17-18-19-20-21-22-24-26-28-30-32-34-40(48)45-37(38(47)33-31-29-27-25-23-16-14-12-10-8-6-4-2)36-54-44-42(50)43(56-57(51,52)53)41(49)39(35-46)55-44/h31,33,37-39,41-44,46-47,49-50H,3-30,32,34-36H2,1-2H3,(H,45,48)(H,51,52,53)/b33-31+. The van der Waals surface area contributed by atoms with E-state index in [-0.39, 0.29) is 18.9 Å². The van der Waals surface area contributed by atoms with Gasteiger partial charge in [-0.3, -0.25) is 9.35 Å². The highest BCUT2D eigenvalue weighted by molar-refractivity contribution is 7.80. The second-order valence-electron chi connectivity index (χ2n) is 16.4. The van der Waals surface area contributed by atoms with E-state index in [4.69, 9.17) is 14.0 Å². The monoisotopic (exact) mass is 836 g/mol. The number of aliphatic hydroxyl groups excluding tert-OH is 4. The van der Waals surface area contributed by atoms with E-state index in [1.807, 2.05) is 6.08 Å². The van der Waals surface area contributed by atoms with Gasteiger partial charge in [0, 0.05) is 6.42 Å². The zero-order valence-corrected chi connectivity index (χ0v) is 36.7. The van der Waals surface area contributed by atoms with E-state index in [0.29, 0.717) is 6.42 Å². The van der Waals surface area contributed by atoms with Crippen LogP contribution < -0.4 is 5.32 Å². The van der Waals surface area contributed by atoms with E-state index in [1.54, 1.807) is 6.08 Å². The molecule has 0 saturated carbocycles. The minimum atomic E-state index is -5.08. The number of hydrogen-bond donors (Lipinski definition) is 6. The van der Waals surface area contributed by atoms with Crippen molar-refractivity contribution in [3.05, 3.63) is 12.2 Å². The molecule has 0 aromatic heterocycles. The van der Waals surface area contributed by atoms with Crippen LogP contribution in [0.25, 0.3) is 0 Å². The first kappa shape index (κ1) is 53.9. The molecule has 1 heterocycles. The second kappa shape index (κ2) is 35.6. The van der Waals surface area contributed by atoms with Crippen molar-refractivity contribution in [2.75, 3.05) is 13.2 Å². The summed E-state index contributed by atoms with van der Waals surface area (Å²) in [4.78, 5) is 13.0. The maximum absolute atomic E-state index is 13.0. The Labute approximate surface area is 347 Å². The SMILES string of the molecule is CCCCCCCCCCCC/C=C/C(O)C(COC1OC(CO)C(O)C(OS(=O)(=O)O)C1O)NC(=O)CCCCCCCCCCCCCCCCCCCC. The van der Waals surface area contributed by atoms with Crippen molar-refractivity contribution >= 4 is 16.3 Å². The van der Waals surface area contributed by atoms with Crippen LogP contribution in [-0.2, 0) is 28.9 Å². The molecule has 0 bridgehead atoms. The lowest BCUT2D eigenvalue weighted by molar-refractivity contribution is -0.298. The van der Waals surface area contributed by atoms with E-state index < -0.39 is 59.9 Å². The molecule has 13 heteroatoms. The largest absolute Gasteiger partial charge is 0.397 e. The van der Waals surface area contributed by atoms with Crippen LogP contribution in [0.15, 0.2) is 12.2 Å². The molecular formula is C44H85NO11S. The number of unbranched alkanes of at least 4 members (excludes halogenated alkanes) is 27. The zero-order valence-electron chi connectivity index (χ0n) is 35.9. The summed E-state index contributed by atoms with van der Waals surface area (Å²) in [7, 11) is -5.08. The van der Waals surface area contributed by atoms with Gasteiger partial charge in [-0.1, -0.05) is 193 Å². The molecule has 1 saturated heterocycles. The van der Waals surface area contributed by atoms with Gasteiger partial charge in [0.15, 0.2) is 6.29 Å². The van der Waals surface area contributed by atoms with Gasteiger partial charge in [-0.05, 0) is 19.3 Å². The molecule has 0 aromatic carbocycles. The molecule has 1 aliphatic heterocycles. The van der Waals surface area contributed by atoms with Crippen LogP contribution in [0.5, 0.6) is 0 Å². The Bertz CT molecular complexity index is 1080. The van der Waals surface area contributed by atoms with Crippen molar-refractivity contribution in [2.45, 2.75) is 249 Å². The smallest absolute Gasteiger partial charge is 0.394 e. The molecule has 12 nitrogen and oxygen atoms in total. The Kier molecular flexibility index (Phi) is 33.6. The number of ether oxygens (including phenoxy) is 2. The van der Waals surface area contributed by atoms with E-state index >= 15 is 0 Å². The predicted octanol–water partition coefficient (Wildman–Crippen LogP) is 8.77. The predicted molar refractivity (Wildman–Crippen MR) is 227 cm³/mol. The highest BCUT2D eigenvalue weighted by Gasteiger charge is 2.48. The van der Waals surface area contributed by atoms with Crippen LogP contribution >= 0.6 is 0 Å². The molecule has 0 spiro atoms.